The first-order valence-corrected chi connectivity index (χ1v) is 22.5. The number of amides is 1. The second-order valence-electron chi connectivity index (χ2n) is 14.2. The van der Waals surface area contributed by atoms with Crippen LogP contribution in [0.25, 0.3) is 0 Å². The third-order valence-corrected chi connectivity index (χ3v) is 10.3. The fraction of sp³-hybridized carbons (Fsp3) is 0.878. The number of hydrogen-bond acceptors (Lipinski definition) is 6. The van der Waals surface area contributed by atoms with Gasteiger partial charge in [0.25, 0.3) is 0 Å². The van der Waals surface area contributed by atoms with E-state index in [9.17, 15) is 19.4 Å². The van der Waals surface area contributed by atoms with Gasteiger partial charge in [0.15, 0.2) is 0 Å². The number of phosphoric acid groups is 1. The minimum Gasteiger partial charge on any atom is -0.387 e. The number of aliphatic hydroxyl groups excluding tert-OH is 1. The van der Waals surface area contributed by atoms with Crippen molar-refractivity contribution < 1.29 is 28.4 Å². The van der Waals surface area contributed by atoms with Crippen LogP contribution in [0.3, 0.4) is 0 Å². The predicted molar refractivity (Wildman–Crippen MR) is 212 cm³/mol. The van der Waals surface area contributed by atoms with Crippen molar-refractivity contribution in [1.82, 2.24) is 5.32 Å². The maximum absolute atomic E-state index is 12.7. The van der Waals surface area contributed by atoms with Crippen LogP contribution in [0.15, 0.2) is 24.3 Å². The van der Waals surface area contributed by atoms with E-state index >= 15 is 0 Å². The molecule has 0 aliphatic heterocycles. The first kappa shape index (κ1) is 49.0. The molecule has 9 heteroatoms. The molecule has 50 heavy (non-hydrogen) atoms. The summed E-state index contributed by atoms with van der Waals surface area (Å²) >= 11 is 0. The van der Waals surface area contributed by atoms with Crippen molar-refractivity contribution in [3.63, 3.8) is 0 Å². The van der Waals surface area contributed by atoms with Gasteiger partial charge in [0.1, 0.15) is 0 Å². The molecule has 0 aliphatic rings. The number of phosphoric ester groups is 1. The Morgan fingerprint density at radius 1 is 0.640 bits per heavy atom. The number of hydrogen-bond donors (Lipinski definition) is 4. The van der Waals surface area contributed by atoms with Gasteiger partial charge in [-0.15, -0.1) is 0 Å². The van der Waals surface area contributed by atoms with Crippen molar-refractivity contribution in [1.29, 1.82) is 0 Å². The summed E-state index contributed by atoms with van der Waals surface area (Å²) in [5, 5.41) is 13.6. The van der Waals surface area contributed by atoms with Crippen molar-refractivity contribution in [3.05, 3.63) is 24.3 Å². The summed E-state index contributed by atoms with van der Waals surface area (Å²) in [5.74, 6) is -0.202. The lowest BCUT2D eigenvalue weighted by Crippen LogP contribution is -2.45. The second kappa shape index (κ2) is 37.7. The first-order valence-electron chi connectivity index (χ1n) is 21.0. The van der Waals surface area contributed by atoms with Gasteiger partial charge < -0.3 is 21.1 Å². The summed E-state index contributed by atoms with van der Waals surface area (Å²) in [6, 6.07) is -0.871. The average Bonchev–Trinajstić information content (AvgIpc) is 3.10. The molecule has 0 radical (unpaired) electrons. The lowest BCUT2D eigenvalue weighted by Gasteiger charge is -2.23. The molecule has 0 aromatic rings. The third kappa shape index (κ3) is 35.4. The van der Waals surface area contributed by atoms with E-state index in [1.165, 1.54) is 141 Å². The van der Waals surface area contributed by atoms with E-state index in [0.717, 1.165) is 38.5 Å². The van der Waals surface area contributed by atoms with Crippen LogP contribution < -0.4 is 11.1 Å². The van der Waals surface area contributed by atoms with E-state index < -0.39 is 20.0 Å². The van der Waals surface area contributed by atoms with Gasteiger partial charge in [-0.1, -0.05) is 186 Å². The van der Waals surface area contributed by atoms with Crippen LogP contribution >= 0.6 is 7.82 Å². The Morgan fingerprint density at radius 2 is 1.06 bits per heavy atom. The third-order valence-electron chi connectivity index (χ3n) is 9.28. The van der Waals surface area contributed by atoms with Crippen molar-refractivity contribution in [2.24, 2.45) is 5.73 Å². The smallest absolute Gasteiger partial charge is 0.387 e. The number of carbonyl (C=O) groups excluding carboxylic acids is 1. The van der Waals surface area contributed by atoms with Gasteiger partial charge >= 0.3 is 7.82 Å². The highest BCUT2D eigenvalue weighted by Crippen LogP contribution is 2.43. The molecule has 0 fully saturated rings. The topological polar surface area (TPSA) is 131 Å². The van der Waals surface area contributed by atoms with Gasteiger partial charge in [0.2, 0.25) is 5.91 Å². The fourth-order valence-corrected chi connectivity index (χ4v) is 6.85. The molecule has 0 heterocycles. The van der Waals surface area contributed by atoms with Crippen LogP contribution in [0.4, 0.5) is 0 Å². The van der Waals surface area contributed by atoms with Crippen LogP contribution in [0.1, 0.15) is 200 Å². The number of allylic oxidation sites excluding steroid dienone is 3. The number of rotatable bonds is 39. The van der Waals surface area contributed by atoms with Gasteiger partial charge in [0, 0.05) is 13.0 Å². The van der Waals surface area contributed by atoms with E-state index in [-0.39, 0.29) is 25.7 Å². The summed E-state index contributed by atoms with van der Waals surface area (Å²) in [5.41, 5.74) is 5.36. The quantitative estimate of drug-likeness (QED) is 0.0281. The zero-order valence-electron chi connectivity index (χ0n) is 32.6. The molecule has 0 bridgehead atoms. The summed E-state index contributed by atoms with van der Waals surface area (Å²) in [6.07, 6.45) is 42.3. The van der Waals surface area contributed by atoms with E-state index in [4.69, 9.17) is 14.8 Å². The van der Waals surface area contributed by atoms with Crippen LogP contribution in [0.2, 0.25) is 0 Å². The Hall–Kier alpha value is -1.02. The lowest BCUT2D eigenvalue weighted by molar-refractivity contribution is -0.123. The van der Waals surface area contributed by atoms with Crippen LogP contribution in [-0.2, 0) is 18.4 Å². The largest absolute Gasteiger partial charge is 0.472 e. The van der Waals surface area contributed by atoms with Gasteiger partial charge in [-0.2, -0.15) is 0 Å². The minimum atomic E-state index is -4.34. The van der Waals surface area contributed by atoms with Crippen molar-refractivity contribution in [3.8, 4) is 0 Å². The molecule has 0 saturated carbocycles. The number of nitrogens with one attached hydrogen (secondary N) is 1. The zero-order valence-corrected chi connectivity index (χ0v) is 33.5. The Bertz CT molecular complexity index is 840. The van der Waals surface area contributed by atoms with Crippen molar-refractivity contribution in [2.75, 3.05) is 19.8 Å². The molecule has 3 unspecified atom stereocenters. The maximum atomic E-state index is 12.7. The van der Waals surface area contributed by atoms with Gasteiger partial charge in [-0.25, -0.2) is 4.57 Å². The van der Waals surface area contributed by atoms with Crippen LogP contribution in [0, 0.1) is 0 Å². The summed E-state index contributed by atoms with van der Waals surface area (Å²) in [4.78, 5) is 22.6. The number of unbranched alkanes of at least 4 members (excludes halogenated alkanes) is 25. The molecule has 0 saturated heterocycles. The van der Waals surface area contributed by atoms with Crippen LogP contribution in [-0.4, -0.2) is 47.8 Å². The van der Waals surface area contributed by atoms with Crippen molar-refractivity contribution >= 4 is 13.7 Å². The van der Waals surface area contributed by atoms with Crippen molar-refractivity contribution in [2.45, 2.75) is 212 Å². The van der Waals surface area contributed by atoms with Crippen LogP contribution in [0.5, 0.6) is 0 Å². The van der Waals surface area contributed by atoms with Gasteiger partial charge in [-0.05, 0) is 32.1 Å². The summed E-state index contributed by atoms with van der Waals surface area (Å²) < 4.78 is 22.1. The maximum Gasteiger partial charge on any atom is 0.472 e. The Balaban J connectivity index is 4.22. The molecule has 0 aromatic heterocycles. The number of nitrogens with two attached hydrogens (primary N) is 1. The molecule has 3 atom stereocenters. The Labute approximate surface area is 308 Å². The number of carbonyl (C=O) groups is 1. The molecule has 5 N–H and O–H groups in total. The highest BCUT2D eigenvalue weighted by Gasteiger charge is 2.26. The molecule has 0 aliphatic carbocycles. The molecule has 0 aromatic carbocycles. The van der Waals surface area contributed by atoms with E-state index in [2.05, 4.69) is 31.3 Å². The highest BCUT2D eigenvalue weighted by atomic mass is 31.2. The molecule has 8 nitrogen and oxygen atoms in total. The van der Waals surface area contributed by atoms with E-state index in [1.54, 1.807) is 6.08 Å². The fourth-order valence-electron chi connectivity index (χ4n) is 6.09. The Kier molecular flexibility index (Phi) is 37.0. The van der Waals surface area contributed by atoms with E-state index in [0.29, 0.717) is 6.42 Å². The van der Waals surface area contributed by atoms with E-state index in [1.807, 2.05) is 6.08 Å². The monoisotopic (exact) mass is 729 g/mol. The predicted octanol–water partition coefficient (Wildman–Crippen LogP) is 11.4. The highest BCUT2D eigenvalue weighted by molar-refractivity contribution is 7.47. The number of aliphatic hydroxyl groups is 1. The molecule has 296 valence electrons. The molecule has 0 rings (SSSR count). The SMILES string of the molecule is CCCCCCCCC/C=C/CC/C=C/C(O)C(COP(=O)(O)OCCN)NC(=O)CCCCCCCCCCCCCCCCCCCC. The Morgan fingerprint density at radius 3 is 1.54 bits per heavy atom. The summed E-state index contributed by atoms with van der Waals surface area (Å²) in [6.45, 7) is 4.11. The molecule has 1 amide bonds. The second-order valence-corrected chi connectivity index (χ2v) is 15.7. The molecule has 0 spiro atoms. The summed E-state index contributed by atoms with van der Waals surface area (Å²) in [7, 11) is -4.34. The van der Waals surface area contributed by atoms with Gasteiger partial charge in [-0.3, -0.25) is 13.8 Å². The molecular formula is C41H81N2O6P. The zero-order chi connectivity index (χ0) is 36.8. The standard InChI is InChI=1S/C41H81N2O6P/c1-3-5-7-9-11-13-15-17-18-19-20-21-23-25-27-29-31-33-35-41(45)43-39(38-49-50(46,47)48-37-36-42)40(44)34-32-30-28-26-24-22-16-14-12-10-8-6-4-2/h24,26,32,34,39-40,44H,3-23,25,27-31,33,35-38,42H2,1-2H3,(H,43,45)(H,46,47)/b26-24+,34-32+. The van der Waals surface area contributed by atoms with Gasteiger partial charge in [0.05, 0.1) is 25.4 Å². The lowest BCUT2D eigenvalue weighted by atomic mass is 10.0. The molecular weight excluding hydrogens is 647 g/mol. The first-order chi connectivity index (χ1) is 24.4. The minimum absolute atomic E-state index is 0.0757. The average molecular weight is 729 g/mol. The normalized spacial score (nSPS) is 14.4.